The number of carbonyl (C=O) groups is 3. The number of amides is 2. The lowest BCUT2D eigenvalue weighted by Gasteiger charge is -2.27. The smallest absolute Gasteiger partial charge is 0.246 e. The first kappa shape index (κ1) is 22.5. The van der Waals surface area contributed by atoms with Crippen molar-refractivity contribution >= 4 is 17.6 Å². The van der Waals surface area contributed by atoms with E-state index in [9.17, 15) is 14.4 Å². The summed E-state index contributed by atoms with van der Waals surface area (Å²) >= 11 is 0. The Kier molecular flexibility index (Phi) is 13.1. The van der Waals surface area contributed by atoms with Crippen molar-refractivity contribution in [2.45, 2.75) is 52.5 Å². The lowest BCUT2D eigenvalue weighted by atomic mass is 9.84. The molecule has 0 aromatic carbocycles. The molecule has 0 saturated heterocycles. The fraction of sp³-hybridized carbons (Fsp3) is 0.824. The average molecular weight is 344 g/mol. The average Bonchev–Trinajstić information content (AvgIpc) is 2.59. The number of methoxy groups -OCH3 is 1. The topological polar surface area (TPSA) is 93.7 Å². The Hall–Kier alpha value is -1.47. The number of carbonyl (C=O) groups excluding carboxylic acids is 3. The van der Waals surface area contributed by atoms with E-state index in [1.54, 1.807) is 14.0 Å². The molecule has 7 nitrogen and oxygen atoms in total. The summed E-state index contributed by atoms with van der Waals surface area (Å²) in [5, 5.41) is 5.39. The Labute approximate surface area is 144 Å². The molecule has 0 aromatic rings. The number of Topliss-reactive ketones (excluding diaryl/α,β-unsaturated/α-hetero) is 1. The Bertz CT molecular complexity index is 379. The van der Waals surface area contributed by atoms with E-state index in [-0.39, 0.29) is 42.7 Å². The van der Waals surface area contributed by atoms with Crippen molar-refractivity contribution in [2.75, 3.05) is 33.5 Å². The number of nitrogens with one attached hydrogen (secondary N) is 2. The summed E-state index contributed by atoms with van der Waals surface area (Å²) in [5.74, 6) is -0.175. The van der Waals surface area contributed by atoms with Gasteiger partial charge < -0.3 is 20.1 Å². The molecule has 140 valence electrons. The number of ketones is 1. The highest BCUT2D eigenvalue weighted by Crippen LogP contribution is 2.24. The van der Waals surface area contributed by atoms with E-state index in [4.69, 9.17) is 9.47 Å². The highest BCUT2D eigenvalue weighted by Gasteiger charge is 2.24. The Balaban J connectivity index is 0.00000254. The second-order valence-corrected chi connectivity index (χ2v) is 5.55. The summed E-state index contributed by atoms with van der Waals surface area (Å²) in [6, 6.07) is 0.0953. The summed E-state index contributed by atoms with van der Waals surface area (Å²) < 4.78 is 9.84. The zero-order valence-corrected chi connectivity index (χ0v) is 15.4. The zero-order chi connectivity index (χ0) is 18.4. The zero-order valence-electron chi connectivity index (χ0n) is 15.4. The van der Waals surface area contributed by atoms with Gasteiger partial charge in [-0.2, -0.15) is 0 Å². The predicted molar refractivity (Wildman–Crippen MR) is 91.6 cm³/mol. The third-order valence-corrected chi connectivity index (χ3v) is 3.78. The van der Waals surface area contributed by atoms with E-state index in [2.05, 4.69) is 10.6 Å². The Morgan fingerprint density at radius 2 is 1.62 bits per heavy atom. The maximum atomic E-state index is 11.8. The highest BCUT2D eigenvalue weighted by molar-refractivity contribution is 5.85. The van der Waals surface area contributed by atoms with Crippen LogP contribution in [0.4, 0.5) is 0 Å². The van der Waals surface area contributed by atoms with Gasteiger partial charge in [0.25, 0.3) is 0 Å². The molecular formula is C17H32N2O5. The Morgan fingerprint density at radius 1 is 1.00 bits per heavy atom. The normalized spacial score (nSPS) is 19.7. The van der Waals surface area contributed by atoms with Gasteiger partial charge in [0.15, 0.2) is 0 Å². The largest absolute Gasteiger partial charge is 0.382 e. The first-order chi connectivity index (χ1) is 11.5. The fourth-order valence-electron chi connectivity index (χ4n) is 2.46. The van der Waals surface area contributed by atoms with Crippen molar-refractivity contribution in [2.24, 2.45) is 5.92 Å². The fourth-order valence-corrected chi connectivity index (χ4v) is 2.46. The van der Waals surface area contributed by atoms with Gasteiger partial charge in [0.1, 0.15) is 12.4 Å². The van der Waals surface area contributed by atoms with Gasteiger partial charge in [0.2, 0.25) is 11.8 Å². The molecule has 1 fully saturated rings. The van der Waals surface area contributed by atoms with Crippen LogP contribution in [-0.2, 0) is 23.9 Å². The van der Waals surface area contributed by atoms with Crippen molar-refractivity contribution in [1.29, 1.82) is 0 Å². The van der Waals surface area contributed by atoms with Crippen LogP contribution in [0.3, 0.4) is 0 Å². The summed E-state index contributed by atoms with van der Waals surface area (Å²) in [5.41, 5.74) is 0. The molecule has 1 aliphatic rings. The third kappa shape index (κ3) is 10.3. The van der Waals surface area contributed by atoms with E-state index < -0.39 is 0 Å². The van der Waals surface area contributed by atoms with E-state index in [1.807, 2.05) is 13.8 Å². The predicted octanol–water partition coefficient (Wildman–Crippen LogP) is 1.06. The van der Waals surface area contributed by atoms with Crippen molar-refractivity contribution in [1.82, 2.24) is 10.6 Å². The van der Waals surface area contributed by atoms with Crippen molar-refractivity contribution < 1.29 is 23.9 Å². The van der Waals surface area contributed by atoms with Crippen LogP contribution in [-0.4, -0.2) is 57.1 Å². The summed E-state index contributed by atoms with van der Waals surface area (Å²) in [6.07, 6.45) is 3.26. The summed E-state index contributed by atoms with van der Waals surface area (Å²) in [7, 11) is 1.55. The molecule has 0 radical (unpaired) electrons. The van der Waals surface area contributed by atoms with Crippen molar-refractivity contribution in [3.8, 4) is 0 Å². The summed E-state index contributed by atoms with van der Waals surface area (Å²) in [4.78, 5) is 34.5. The van der Waals surface area contributed by atoms with Crippen LogP contribution in [0, 0.1) is 5.92 Å². The van der Waals surface area contributed by atoms with Crippen LogP contribution in [0.5, 0.6) is 0 Å². The Morgan fingerprint density at radius 3 is 2.17 bits per heavy atom. The first-order valence-electron chi connectivity index (χ1n) is 8.66. The van der Waals surface area contributed by atoms with Crippen LogP contribution in [0.2, 0.25) is 0 Å². The van der Waals surface area contributed by atoms with Gasteiger partial charge in [-0.05, 0) is 32.6 Å². The van der Waals surface area contributed by atoms with Crippen LogP contribution in [0.1, 0.15) is 46.5 Å². The van der Waals surface area contributed by atoms with Crippen molar-refractivity contribution in [3.63, 3.8) is 0 Å². The van der Waals surface area contributed by atoms with Gasteiger partial charge in [-0.1, -0.05) is 13.8 Å². The van der Waals surface area contributed by atoms with Gasteiger partial charge in [0, 0.05) is 19.1 Å². The molecule has 2 amide bonds. The molecule has 0 aromatic heterocycles. The molecule has 24 heavy (non-hydrogen) atoms. The van der Waals surface area contributed by atoms with E-state index in [1.165, 1.54) is 0 Å². The van der Waals surface area contributed by atoms with E-state index in [0.29, 0.717) is 13.2 Å². The minimum Gasteiger partial charge on any atom is -0.382 e. The molecule has 7 heteroatoms. The second-order valence-electron chi connectivity index (χ2n) is 5.55. The quantitative estimate of drug-likeness (QED) is 0.610. The molecular weight excluding hydrogens is 312 g/mol. The maximum Gasteiger partial charge on any atom is 0.246 e. The molecule has 1 aliphatic carbocycles. The lowest BCUT2D eigenvalue weighted by Crippen LogP contribution is -2.44. The van der Waals surface area contributed by atoms with Gasteiger partial charge in [0.05, 0.1) is 19.8 Å². The van der Waals surface area contributed by atoms with E-state index >= 15 is 0 Å². The molecule has 0 unspecified atom stereocenters. The molecule has 0 spiro atoms. The molecule has 1 saturated carbocycles. The van der Waals surface area contributed by atoms with Gasteiger partial charge >= 0.3 is 0 Å². The maximum absolute atomic E-state index is 11.8. The monoisotopic (exact) mass is 344 g/mol. The molecule has 1 rings (SSSR count). The van der Waals surface area contributed by atoms with Crippen LogP contribution >= 0.6 is 0 Å². The SMILES string of the molecule is CC.COCCOCC(=O)NCC(=O)NC1CCC(C(C)=O)CC1. The molecule has 2 N–H and O–H groups in total. The van der Waals surface area contributed by atoms with Gasteiger partial charge in [-0.3, -0.25) is 14.4 Å². The molecule has 0 bridgehead atoms. The number of rotatable bonds is 9. The van der Waals surface area contributed by atoms with Gasteiger partial charge in [-0.25, -0.2) is 0 Å². The standard InChI is InChI=1S/C15H26N2O5.C2H6/c1-11(18)12-3-5-13(6-4-12)17-14(19)9-16-15(20)10-22-8-7-21-2;1-2/h12-13H,3-10H2,1-2H3,(H,16,20)(H,17,19);1-2H3. The first-order valence-corrected chi connectivity index (χ1v) is 8.66. The molecule has 0 atom stereocenters. The highest BCUT2D eigenvalue weighted by atomic mass is 16.5. The molecule has 0 aliphatic heterocycles. The van der Waals surface area contributed by atoms with Crippen LogP contribution in [0.15, 0.2) is 0 Å². The van der Waals surface area contributed by atoms with Crippen LogP contribution in [0.25, 0.3) is 0 Å². The van der Waals surface area contributed by atoms with Crippen LogP contribution < -0.4 is 10.6 Å². The second kappa shape index (κ2) is 13.9. The molecule has 0 heterocycles. The van der Waals surface area contributed by atoms with Crippen molar-refractivity contribution in [3.05, 3.63) is 0 Å². The lowest BCUT2D eigenvalue weighted by molar-refractivity contribution is -0.129. The number of ether oxygens (including phenoxy) is 2. The van der Waals surface area contributed by atoms with E-state index in [0.717, 1.165) is 25.7 Å². The minimum atomic E-state index is -0.327. The number of hydrogen-bond acceptors (Lipinski definition) is 5. The third-order valence-electron chi connectivity index (χ3n) is 3.78. The summed E-state index contributed by atoms with van der Waals surface area (Å²) in [6.45, 7) is 6.25. The number of hydrogen-bond donors (Lipinski definition) is 2. The minimum absolute atomic E-state index is 0.0564. The van der Waals surface area contributed by atoms with Gasteiger partial charge in [-0.15, -0.1) is 0 Å².